The van der Waals surface area contributed by atoms with E-state index in [9.17, 15) is 8.42 Å². The molecule has 6 heteroatoms. The molecule has 0 spiro atoms. The lowest BCUT2D eigenvalue weighted by Gasteiger charge is -2.26. The number of rotatable bonds is 6. The molecule has 1 aliphatic heterocycles. The van der Waals surface area contributed by atoms with E-state index in [2.05, 4.69) is 0 Å². The molecule has 3 N–H and O–H groups in total. The molecule has 0 amide bonds. The van der Waals surface area contributed by atoms with Crippen molar-refractivity contribution >= 4 is 10.0 Å². The monoisotopic (exact) mass is 250 g/mol. The van der Waals surface area contributed by atoms with Crippen LogP contribution in [0.3, 0.4) is 0 Å². The van der Waals surface area contributed by atoms with Crippen LogP contribution in [-0.4, -0.2) is 48.8 Å². The first-order valence-corrected chi connectivity index (χ1v) is 7.36. The van der Waals surface area contributed by atoms with E-state index in [0.29, 0.717) is 13.0 Å². The number of aliphatic hydroxyl groups is 1. The Balaban J connectivity index is 2.70. The molecule has 0 saturated carbocycles. The van der Waals surface area contributed by atoms with Crippen molar-refractivity contribution in [3.63, 3.8) is 0 Å². The first-order valence-electron chi connectivity index (χ1n) is 5.85. The van der Waals surface area contributed by atoms with Crippen LogP contribution in [0.5, 0.6) is 0 Å². The molecule has 2 atom stereocenters. The highest BCUT2D eigenvalue weighted by Gasteiger charge is 2.36. The Labute approximate surface area is 97.7 Å². The van der Waals surface area contributed by atoms with Gasteiger partial charge in [-0.25, -0.2) is 8.42 Å². The summed E-state index contributed by atoms with van der Waals surface area (Å²) in [6.45, 7) is 2.53. The van der Waals surface area contributed by atoms with Crippen LogP contribution in [0.15, 0.2) is 0 Å². The number of sulfonamides is 1. The Morgan fingerprint density at radius 3 is 2.81 bits per heavy atom. The third-order valence-electron chi connectivity index (χ3n) is 3.19. The number of aliphatic hydroxyl groups excluding tert-OH is 1. The molecule has 0 aromatic heterocycles. The van der Waals surface area contributed by atoms with Gasteiger partial charge < -0.3 is 10.8 Å². The van der Waals surface area contributed by atoms with Crippen LogP contribution in [0.4, 0.5) is 0 Å². The Hall–Kier alpha value is -0.170. The van der Waals surface area contributed by atoms with E-state index in [0.717, 1.165) is 19.3 Å². The molecular formula is C10H22N2O3S. The summed E-state index contributed by atoms with van der Waals surface area (Å²) in [7, 11) is -3.24. The van der Waals surface area contributed by atoms with Crippen molar-refractivity contribution < 1.29 is 13.5 Å². The van der Waals surface area contributed by atoms with Gasteiger partial charge in [-0.2, -0.15) is 4.31 Å². The highest BCUT2D eigenvalue weighted by atomic mass is 32.2. The molecule has 0 radical (unpaired) electrons. The lowest BCUT2D eigenvalue weighted by atomic mass is 10.1. The minimum atomic E-state index is -3.24. The Kier molecular flexibility index (Phi) is 5.17. The average molecular weight is 250 g/mol. The lowest BCUT2D eigenvalue weighted by Crippen LogP contribution is -2.43. The Morgan fingerprint density at radius 1 is 1.56 bits per heavy atom. The van der Waals surface area contributed by atoms with Crippen LogP contribution in [0.2, 0.25) is 0 Å². The van der Waals surface area contributed by atoms with E-state index in [1.54, 1.807) is 11.2 Å². The zero-order valence-electron chi connectivity index (χ0n) is 9.80. The molecule has 16 heavy (non-hydrogen) atoms. The highest BCUT2D eigenvalue weighted by Crippen LogP contribution is 2.26. The SMILES string of the molecule is CC(CN)S(=O)(=O)N1CCCC1CCCO. The molecular weight excluding hydrogens is 228 g/mol. The minimum Gasteiger partial charge on any atom is -0.396 e. The van der Waals surface area contributed by atoms with E-state index in [1.165, 1.54) is 0 Å². The molecule has 0 aromatic carbocycles. The summed E-state index contributed by atoms with van der Waals surface area (Å²) in [5.41, 5.74) is 5.43. The van der Waals surface area contributed by atoms with Crippen molar-refractivity contribution in [2.75, 3.05) is 19.7 Å². The topological polar surface area (TPSA) is 83.6 Å². The number of nitrogens with zero attached hydrogens (tertiary/aromatic N) is 1. The van der Waals surface area contributed by atoms with E-state index in [4.69, 9.17) is 10.8 Å². The highest BCUT2D eigenvalue weighted by molar-refractivity contribution is 7.89. The van der Waals surface area contributed by atoms with Crippen LogP contribution >= 0.6 is 0 Å². The molecule has 1 rings (SSSR count). The third kappa shape index (κ3) is 2.94. The van der Waals surface area contributed by atoms with Crippen molar-refractivity contribution in [1.82, 2.24) is 4.31 Å². The first kappa shape index (κ1) is 13.9. The summed E-state index contributed by atoms with van der Waals surface area (Å²) in [4.78, 5) is 0. The van der Waals surface area contributed by atoms with Crippen LogP contribution in [-0.2, 0) is 10.0 Å². The molecule has 1 aliphatic rings. The van der Waals surface area contributed by atoms with Crippen LogP contribution in [0.25, 0.3) is 0 Å². The molecule has 96 valence electrons. The molecule has 0 aromatic rings. The van der Waals surface area contributed by atoms with Gasteiger partial charge in [0.25, 0.3) is 0 Å². The summed E-state index contributed by atoms with van der Waals surface area (Å²) >= 11 is 0. The van der Waals surface area contributed by atoms with Gasteiger partial charge in [-0.1, -0.05) is 0 Å². The summed E-state index contributed by atoms with van der Waals surface area (Å²) < 4.78 is 25.8. The quantitative estimate of drug-likeness (QED) is 0.689. The van der Waals surface area contributed by atoms with Gasteiger partial charge in [0.15, 0.2) is 0 Å². The molecule has 0 bridgehead atoms. The second-order valence-corrected chi connectivity index (χ2v) is 6.67. The minimum absolute atomic E-state index is 0.0612. The maximum atomic E-state index is 12.1. The number of hydrogen-bond donors (Lipinski definition) is 2. The fourth-order valence-electron chi connectivity index (χ4n) is 2.11. The van der Waals surface area contributed by atoms with Crippen molar-refractivity contribution in [2.24, 2.45) is 5.73 Å². The summed E-state index contributed by atoms with van der Waals surface area (Å²) in [5, 5.41) is 8.27. The van der Waals surface area contributed by atoms with E-state index in [1.807, 2.05) is 0 Å². The van der Waals surface area contributed by atoms with Crippen LogP contribution in [0.1, 0.15) is 32.6 Å². The molecule has 1 fully saturated rings. The number of hydrogen-bond acceptors (Lipinski definition) is 4. The van der Waals surface area contributed by atoms with Gasteiger partial charge in [0.2, 0.25) is 10.0 Å². The van der Waals surface area contributed by atoms with Crippen molar-refractivity contribution in [3.05, 3.63) is 0 Å². The van der Waals surface area contributed by atoms with Crippen molar-refractivity contribution in [1.29, 1.82) is 0 Å². The van der Waals surface area contributed by atoms with E-state index in [-0.39, 0.29) is 19.2 Å². The maximum Gasteiger partial charge on any atom is 0.218 e. The lowest BCUT2D eigenvalue weighted by molar-refractivity contribution is 0.263. The predicted molar refractivity (Wildman–Crippen MR) is 63.5 cm³/mol. The zero-order valence-corrected chi connectivity index (χ0v) is 10.6. The second kappa shape index (κ2) is 5.95. The Bertz CT molecular complexity index is 305. The van der Waals surface area contributed by atoms with Gasteiger partial charge in [0.1, 0.15) is 0 Å². The summed E-state index contributed by atoms with van der Waals surface area (Å²) in [6.07, 6.45) is 3.21. The molecule has 1 saturated heterocycles. The average Bonchev–Trinajstić information content (AvgIpc) is 2.73. The third-order valence-corrected chi connectivity index (χ3v) is 5.53. The van der Waals surface area contributed by atoms with Gasteiger partial charge in [-0.05, 0) is 32.6 Å². The second-order valence-electron chi connectivity index (χ2n) is 4.36. The predicted octanol–water partition coefficient (Wildman–Crippen LogP) is -0.0997. The van der Waals surface area contributed by atoms with Gasteiger partial charge in [0, 0.05) is 25.7 Å². The van der Waals surface area contributed by atoms with E-state index < -0.39 is 15.3 Å². The molecule has 2 unspecified atom stereocenters. The molecule has 1 heterocycles. The van der Waals surface area contributed by atoms with Crippen LogP contribution < -0.4 is 5.73 Å². The summed E-state index contributed by atoms with van der Waals surface area (Å²) in [5.74, 6) is 0. The van der Waals surface area contributed by atoms with E-state index >= 15 is 0 Å². The Morgan fingerprint density at radius 2 is 2.25 bits per heavy atom. The normalized spacial score (nSPS) is 24.8. The smallest absolute Gasteiger partial charge is 0.218 e. The van der Waals surface area contributed by atoms with Crippen LogP contribution in [0, 0.1) is 0 Å². The molecule has 0 aliphatic carbocycles. The van der Waals surface area contributed by atoms with Gasteiger partial charge in [0.05, 0.1) is 5.25 Å². The number of nitrogens with two attached hydrogens (primary N) is 1. The maximum absolute atomic E-state index is 12.1. The summed E-state index contributed by atoms with van der Waals surface area (Å²) in [6, 6.07) is 0.0612. The van der Waals surface area contributed by atoms with Gasteiger partial charge >= 0.3 is 0 Å². The van der Waals surface area contributed by atoms with Crippen molar-refractivity contribution in [2.45, 2.75) is 43.9 Å². The van der Waals surface area contributed by atoms with Gasteiger partial charge in [-0.15, -0.1) is 0 Å². The standard InChI is InChI=1S/C10H22N2O3S/c1-9(8-11)16(14,15)12-6-2-4-10(12)5-3-7-13/h9-10,13H,2-8,11H2,1H3. The fourth-order valence-corrected chi connectivity index (χ4v) is 3.83. The zero-order chi connectivity index (χ0) is 12.2. The van der Waals surface area contributed by atoms with Crippen molar-refractivity contribution in [3.8, 4) is 0 Å². The fraction of sp³-hybridized carbons (Fsp3) is 1.00. The first-order chi connectivity index (χ1) is 7.54. The largest absolute Gasteiger partial charge is 0.396 e. The van der Waals surface area contributed by atoms with Gasteiger partial charge in [-0.3, -0.25) is 0 Å². The molecule has 5 nitrogen and oxygen atoms in total.